The van der Waals surface area contributed by atoms with Crippen LogP contribution in [-0.2, 0) is 16.0 Å². The van der Waals surface area contributed by atoms with Crippen molar-refractivity contribution in [1.82, 2.24) is 5.32 Å². The first kappa shape index (κ1) is 26.7. The molecule has 0 aliphatic heterocycles. The molecule has 0 spiro atoms. The van der Waals surface area contributed by atoms with E-state index in [0.29, 0.717) is 29.7 Å². The second-order valence-corrected chi connectivity index (χ2v) is 7.98. The van der Waals surface area contributed by atoms with Crippen LogP contribution in [0.1, 0.15) is 32.7 Å². The van der Waals surface area contributed by atoms with Crippen LogP contribution in [0.3, 0.4) is 0 Å². The first-order valence-corrected chi connectivity index (χ1v) is 11.2. The minimum atomic E-state index is -1.19. The van der Waals surface area contributed by atoms with Gasteiger partial charge >= 0.3 is 11.9 Å². The van der Waals surface area contributed by atoms with Crippen LogP contribution >= 0.6 is 0 Å². The van der Waals surface area contributed by atoms with Crippen molar-refractivity contribution in [3.05, 3.63) is 77.4 Å². The lowest BCUT2D eigenvalue weighted by Crippen LogP contribution is -2.20. The van der Waals surface area contributed by atoms with Crippen LogP contribution in [0, 0.1) is 0 Å². The number of methoxy groups -OCH3 is 1. The molecule has 4 N–H and O–H groups in total. The van der Waals surface area contributed by atoms with Gasteiger partial charge < -0.3 is 30.3 Å². The smallest absolute Gasteiger partial charge is 0.339 e. The van der Waals surface area contributed by atoms with Gasteiger partial charge in [-0.15, -0.1) is 0 Å². The highest BCUT2D eigenvalue weighted by Gasteiger charge is 2.15. The van der Waals surface area contributed by atoms with Crippen LogP contribution in [0.25, 0.3) is 11.1 Å². The SMILES string of the molecule is CNC(=O)CCc1ccc(NC(=O)COc2cc(C(=O)O)cc(-c3ccc(C(=O)O)c(OC)c3)c2)cc1. The van der Waals surface area contributed by atoms with Crippen molar-refractivity contribution in [1.29, 1.82) is 0 Å². The fraction of sp³-hybridized carbons (Fsp3) is 0.185. The Kier molecular flexibility index (Phi) is 8.82. The van der Waals surface area contributed by atoms with Crippen LogP contribution in [-0.4, -0.2) is 54.7 Å². The lowest BCUT2D eigenvalue weighted by Gasteiger charge is -2.12. The molecule has 3 aromatic carbocycles. The average Bonchev–Trinajstić information content (AvgIpc) is 2.90. The number of carbonyl (C=O) groups is 4. The van der Waals surface area contributed by atoms with Crippen LogP contribution < -0.4 is 20.1 Å². The molecule has 0 bridgehead atoms. The van der Waals surface area contributed by atoms with Gasteiger partial charge in [0, 0.05) is 19.2 Å². The van der Waals surface area contributed by atoms with Gasteiger partial charge in [0.1, 0.15) is 17.1 Å². The molecule has 10 nitrogen and oxygen atoms in total. The lowest BCUT2D eigenvalue weighted by molar-refractivity contribution is -0.120. The van der Waals surface area contributed by atoms with Crippen LogP contribution in [0.15, 0.2) is 60.7 Å². The maximum atomic E-state index is 12.4. The van der Waals surface area contributed by atoms with Gasteiger partial charge in [-0.3, -0.25) is 9.59 Å². The summed E-state index contributed by atoms with van der Waals surface area (Å²) in [7, 11) is 2.92. The van der Waals surface area contributed by atoms with Gasteiger partial charge in [-0.25, -0.2) is 9.59 Å². The number of aryl methyl sites for hydroxylation is 1. The Morgan fingerprint density at radius 2 is 1.57 bits per heavy atom. The summed E-state index contributed by atoms with van der Waals surface area (Å²) in [5.41, 5.74) is 2.34. The quantitative estimate of drug-likeness (QED) is 0.309. The van der Waals surface area contributed by atoms with E-state index in [1.54, 1.807) is 25.2 Å². The Morgan fingerprint density at radius 3 is 2.19 bits per heavy atom. The van der Waals surface area contributed by atoms with Gasteiger partial charge in [0.2, 0.25) is 5.91 Å². The molecule has 37 heavy (non-hydrogen) atoms. The highest BCUT2D eigenvalue weighted by atomic mass is 16.5. The summed E-state index contributed by atoms with van der Waals surface area (Å²) in [5.74, 6) is -2.59. The molecule has 192 valence electrons. The van der Waals surface area contributed by atoms with Crippen molar-refractivity contribution in [3.8, 4) is 22.6 Å². The number of anilines is 1. The molecule has 0 saturated carbocycles. The molecule has 0 aliphatic carbocycles. The predicted molar refractivity (Wildman–Crippen MR) is 135 cm³/mol. The van der Waals surface area contributed by atoms with Gasteiger partial charge in [0.25, 0.3) is 5.91 Å². The van der Waals surface area contributed by atoms with E-state index in [0.717, 1.165) is 5.56 Å². The van der Waals surface area contributed by atoms with Crippen LogP contribution in [0.4, 0.5) is 5.69 Å². The number of aromatic carboxylic acids is 2. The van der Waals surface area contributed by atoms with E-state index in [4.69, 9.17) is 9.47 Å². The highest BCUT2D eigenvalue weighted by Crippen LogP contribution is 2.31. The fourth-order valence-electron chi connectivity index (χ4n) is 3.50. The number of ether oxygens (including phenoxy) is 2. The van der Waals surface area contributed by atoms with Crippen LogP contribution in [0.2, 0.25) is 0 Å². The minimum absolute atomic E-state index is 0.0340. The lowest BCUT2D eigenvalue weighted by atomic mass is 10.0. The van der Waals surface area contributed by atoms with Crippen molar-refractivity contribution in [3.63, 3.8) is 0 Å². The number of nitrogens with one attached hydrogen (secondary N) is 2. The molecule has 0 heterocycles. The maximum absolute atomic E-state index is 12.4. The Balaban J connectivity index is 1.70. The normalized spacial score (nSPS) is 10.3. The number of benzene rings is 3. The molecule has 3 rings (SSSR count). The zero-order valence-electron chi connectivity index (χ0n) is 20.2. The van der Waals surface area contributed by atoms with Crippen LogP contribution in [0.5, 0.6) is 11.5 Å². The van der Waals surface area contributed by atoms with E-state index >= 15 is 0 Å². The maximum Gasteiger partial charge on any atom is 0.339 e. The van der Waals surface area contributed by atoms with Crippen molar-refractivity contribution >= 4 is 29.4 Å². The third-order valence-electron chi connectivity index (χ3n) is 5.45. The molecule has 10 heteroatoms. The molecule has 0 unspecified atom stereocenters. The zero-order chi connectivity index (χ0) is 26.9. The number of amides is 2. The monoisotopic (exact) mass is 506 g/mol. The number of carboxylic acids is 2. The van der Waals surface area contributed by atoms with Gasteiger partial charge in [0.05, 0.1) is 12.7 Å². The number of carboxylic acid groups (broad SMARTS) is 2. The van der Waals surface area contributed by atoms with Crippen molar-refractivity contribution in [2.45, 2.75) is 12.8 Å². The van der Waals surface area contributed by atoms with E-state index in [-0.39, 0.29) is 35.1 Å². The van der Waals surface area contributed by atoms with E-state index in [1.807, 2.05) is 12.1 Å². The largest absolute Gasteiger partial charge is 0.496 e. The summed E-state index contributed by atoms with van der Waals surface area (Å²) in [6.07, 6.45) is 0.939. The second-order valence-electron chi connectivity index (χ2n) is 7.98. The molecule has 3 aromatic rings. The molecular weight excluding hydrogens is 480 g/mol. The third kappa shape index (κ3) is 7.31. The van der Waals surface area contributed by atoms with E-state index in [2.05, 4.69) is 10.6 Å². The summed E-state index contributed by atoms with van der Waals surface area (Å²) >= 11 is 0. The number of carbonyl (C=O) groups excluding carboxylic acids is 2. The zero-order valence-corrected chi connectivity index (χ0v) is 20.2. The molecule has 0 radical (unpaired) electrons. The first-order valence-electron chi connectivity index (χ1n) is 11.2. The van der Waals surface area contributed by atoms with E-state index in [1.165, 1.54) is 37.4 Å². The topological polar surface area (TPSA) is 151 Å². The Bertz CT molecular complexity index is 1320. The molecule has 0 saturated heterocycles. The summed E-state index contributed by atoms with van der Waals surface area (Å²) in [6, 6.07) is 15.7. The Labute approximate surface area is 212 Å². The highest BCUT2D eigenvalue weighted by molar-refractivity contribution is 5.94. The minimum Gasteiger partial charge on any atom is -0.496 e. The first-order chi connectivity index (χ1) is 17.7. The van der Waals surface area contributed by atoms with Gasteiger partial charge in [-0.05, 0) is 65.6 Å². The average molecular weight is 507 g/mol. The number of hydrogen-bond acceptors (Lipinski definition) is 6. The van der Waals surface area contributed by atoms with Crippen molar-refractivity contribution < 1.29 is 38.9 Å². The summed E-state index contributed by atoms with van der Waals surface area (Å²) in [4.78, 5) is 46.8. The van der Waals surface area contributed by atoms with Gasteiger partial charge in [-0.2, -0.15) is 0 Å². The molecule has 0 fully saturated rings. The van der Waals surface area contributed by atoms with Gasteiger partial charge in [-0.1, -0.05) is 18.2 Å². The van der Waals surface area contributed by atoms with Gasteiger partial charge in [0.15, 0.2) is 6.61 Å². The Hall–Kier alpha value is -4.86. The summed E-state index contributed by atoms with van der Waals surface area (Å²) in [6.45, 7) is -0.373. The second kappa shape index (κ2) is 12.2. The van der Waals surface area contributed by atoms with Crippen molar-refractivity contribution in [2.75, 3.05) is 26.1 Å². The molecule has 2 amide bonds. The number of hydrogen-bond donors (Lipinski definition) is 4. The molecule has 0 aliphatic rings. The van der Waals surface area contributed by atoms with E-state index in [9.17, 15) is 29.4 Å². The fourth-order valence-corrected chi connectivity index (χ4v) is 3.50. The van der Waals surface area contributed by atoms with E-state index < -0.39 is 17.8 Å². The molecule has 0 atom stereocenters. The summed E-state index contributed by atoms with van der Waals surface area (Å²) < 4.78 is 10.7. The third-order valence-corrected chi connectivity index (χ3v) is 5.45. The Morgan fingerprint density at radius 1 is 0.838 bits per heavy atom. The molecule has 0 aromatic heterocycles. The standard InChI is InChI=1S/C27H26N2O8/c1-28-24(30)10-5-16-3-7-20(8-4-16)29-25(31)15-37-21-12-18(11-19(13-21)26(32)33)17-6-9-22(27(34)35)23(14-17)36-2/h3-4,6-9,11-14H,5,10,15H2,1-2H3,(H,28,30)(H,29,31)(H,32,33)(H,34,35). The molecular formula is C27H26N2O8. The predicted octanol–water partition coefficient (Wildman–Crippen LogP) is 3.45. The number of rotatable bonds is 11. The summed E-state index contributed by atoms with van der Waals surface area (Å²) in [5, 5.41) is 24.1. The van der Waals surface area contributed by atoms with Crippen molar-refractivity contribution in [2.24, 2.45) is 0 Å².